The fraction of sp³-hybridized carbons (Fsp3) is 0.292. The molecule has 5 heteroatoms. The maximum absolute atomic E-state index is 11.7. The fourth-order valence-electron chi connectivity index (χ4n) is 3.56. The summed E-state index contributed by atoms with van der Waals surface area (Å²) in [5.41, 5.74) is 4.89. The SMILES string of the molecule is COc1ccc(-c2cc(CC(C)C)n(CC(=O)O)c2-c2ccc(OC)cc2)cc1. The third-order valence-electron chi connectivity index (χ3n) is 4.86. The lowest BCUT2D eigenvalue weighted by molar-refractivity contribution is -0.137. The summed E-state index contributed by atoms with van der Waals surface area (Å²) < 4.78 is 12.5. The van der Waals surface area contributed by atoms with Crippen LogP contribution in [0, 0.1) is 5.92 Å². The van der Waals surface area contributed by atoms with Gasteiger partial charge < -0.3 is 19.1 Å². The lowest BCUT2D eigenvalue weighted by atomic mass is 10.0. The summed E-state index contributed by atoms with van der Waals surface area (Å²) in [6.07, 6.45) is 0.798. The molecule has 0 aliphatic heterocycles. The number of aromatic nitrogens is 1. The van der Waals surface area contributed by atoms with Crippen molar-refractivity contribution in [2.45, 2.75) is 26.8 Å². The maximum atomic E-state index is 11.7. The van der Waals surface area contributed by atoms with Gasteiger partial charge in [0.2, 0.25) is 0 Å². The van der Waals surface area contributed by atoms with E-state index in [0.29, 0.717) is 5.92 Å². The molecular formula is C24H27NO4. The zero-order chi connectivity index (χ0) is 21.0. The van der Waals surface area contributed by atoms with E-state index in [1.54, 1.807) is 14.2 Å². The minimum absolute atomic E-state index is 0.0838. The van der Waals surface area contributed by atoms with Crippen LogP contribution in [-0.2, 0) is 17.8 Å². The first kappa shape index (κ1) is 20.5. The van der Waals surface area contributed by atoms with E-state index >= 15 is 0 Å². The predicted molar refractivity (Wildman–Crippen MR) is 115 cm³/mol. The summed E-state index contributed by atoms with van der Waals surface area (Å²) in [5, 5.41) is 9.57. The molecule has 0 amide bonds. The Morgan fingerprint density at radius 1 is 0.931 bits per heavy atom. The molecule has 0 unspecified atom stereocenters. The molecule has 0 aliphatic carbocycles. The standard InChI is InChI=1S/C24H27NO4/c1-16(2)13-19-14-22(17-5-9-20(28-3)10-6-17)24(25(19)15-23(26)27)18-7-11-21(29-4)12-8-18/h5-12,14,16H,13,15H2,1-4H3,(H,26,27). The Balaban J connectivity index is 2.23. The molecule has 3 rings (SSSR count). The van der Waals surface area contributed by atoms with Gasteiger partial charge in [-0.05, 0) is 65.9 Å². The highest BCUT2D eigenvalue weighted by atomic mass is 16.5. The van der Waals surface area contributed by atoms with E-state index in [2.05, 4.69) is 19.9 Å². The minimum Gasteiger partial charge on any atom is -0.497 e. The smallest absolute Gasteiger partial charge is 0.323 e. The number of ether oxygens (including phenoxy) is 2. The molecule has 0 saturated heterocycles. The average Bonchev–Trinajstić information content (AvgIpc) is 3.04. The van der Waals surface area contributed by atoms with Gasteiger partial charge in [-0.15, -0.1) is 0 Å². The Bertz CT molecular complexity index is 969. The molecule has 0 radical (unpaired) electrons. The fourth-order valence-corrected chi connectivity index (χ4v) is 3.56. The topological polar surface area (TPSA) is 60.7 Å². The summed E-state index contributed by atoms with van der Waals surface area (Å²) in [6, 6.07) is 17.7. The van der Waals surface area contributed by atoms with Crippen LogP contribution in [0.2, 0.25) is 0 Å². The molecule has 0 fully saturated rings. The molecule has 29 heavy (non-hydrogen) atoms. The summed E-state index contributed by atoms with van der Waals surface area (Å²) in [5.74, 6) is 1.09. The van der Waals surface area contributed by atoms with Crippen LogP contribution in [0.4, 0.5) is 0 Å². The minimum atomic E-state index is -0.860. The summed E-state index contributed by atoms with van der Waals surface area (Å²) in [6.45, 7) is 4.19. The van der Waals surface area contributed by atoms with Gasteiger partial charge in [0, 0.05) is 11.3 Å². The van der Waals surface area contributed by atoms with Crippen LogP contribution in [0.3, 0.4) is 0 Å². The first-order valence-corrected chi connectivity index (χ1v) is 9.66. The summed E-state index contributed by atoms with van der Waals surface area (Å²) in [7, 11) is 3.27. The van der Waals surface area contributed by atoms with E-state index in [1.807, 2.05) is 53.1 Å². The van der Waals surface area contributed by atoms with E-state index < -0.39 is 5.97 Å². The van der Waals surface area contributed by atoms with Crippen molar-refractivity contribution in [1.82, 2.24) is 4.57 Å². The number of nitrogens with zero attached hydrogens (tertiary/aromatic N) is 1. The van der Waals surface area contributed by atoms with Crippen molar-refractivity contribution in [2.24, 2.45) is 5.92 Å². The Morgan fingerprint density at radius 3 is 1.90 bits per heavy atom. The van der Waals surface area contributed by atoms with E-state index in [1.165, 1.54) is 0 Å². The molecule has 5 nitrogen and oxygen atoms in total. The second-order valence-electron chi connectivity index (χ2n) is 7.43. The largest absolute Gasteiger partial charge is 0.497 e. The van der Waals surface area contributed by atoms with Crippen LogP contribution in [0.15, 0.2) is 54.6 Å². The normalized spacial score (nSPS) is 10.9. The number of carbonyl (C=O) groups is 1. The molecule has 0 aliphatic rings. The van der Waals surface area contributed by atoms with Crippen molar-refractivity contribution < 1.29 is 19.4 Å². The number of carboxylic acids is 1. The van der Waals surface area contributed by atoms with Crippen molar-refractivity contribution in [1.29, 1.82) is 0 Å². The molecule has 0 saturated carbocycles. The first-order valence-electron chi connectivity index (χ1n) is 9.66. The first-order chi connectivity index (χ1) is 13.9. The van der Waals surface area contributed by atoms with E-state index in [-0.39, 0.29) is 6.54 Å². The number of methoxy groups -OCH3 is 2. The maximum Gasteiger partial charge on any atom is 0.323 e. The van der Waals surface area contributed by atoms with Crippen molar-refractivity contribution >= 4 is 5.97 Å². The Labute approximate surface area is 171 Å². The second kappa shape index (κ2) is 8.86. The lowest BCUT2D eigenvalue weighted by Gasteiger charge is -2.14. The molecular weight excluding hydrogens is 366 g/mol. The monoisotopic (exact) mass is 393 g/mol. The van der Waals surface area contributed by atoms with Gasteiger partial charge in [-0.2, -0.15) is 0 Å². The van der Waals surface area contributed by atoms with Gasteiger partial charge in [-0.1, -0.05) is 26.0 Å². The highest BCUT2D eigenvalue weighted by Gasteiger charge is 2.20. The predicted octanol–water partition coefficient (Wildman–Crippen LogP) is 5.12. The van der Waals surface area contributed by atoms with Gasteiger partial charge in [0.1, 0.15) is 18.0 Å². The molecule has 0 atom stereocenters. The summed E-state index contributed by atoms with van der Waals surface area (Å²) >= 11 is 0. The molecule has 1 heterocycles. The molecule has 1 aromatic heterocycles. The highest BCUT2D eigenvalue weighted by molar-refractivity contribution is 5.84. The third kappa shape index (κ3) is 4.62. The molecule has 0 bridgehead atoms. The number of aliphatic carboxylic acids is 1. The molecule has 0 spiro atoms. The Hall–Kier alpha value is -3.21. The number of hydrogen-bond acceptors (Lipinski definition) is 3. The quantitative estimate of drug-likeness (QED) is 0.577. The van der Waals surface area contributed by atoms with Gasteiger partial charge in [-0.3, -0.25) is 4.79 Å². The van der Waals surface area contributed by atoms with Gasteiger partial charge in [-0.25, -0.2) is 0 Å². The average molecular weight is 393 g/mol. The zero-order valence-corrected chi connectivity index (χ0v) is 17.3. The van der Waals surface area contributed by atoms with Crippen LogP contribution in [-0.4, -0.2) is 29.9 Å². The van der Waals surface area contributed by atoms with Crippen molar-refractivity contribution in [3.63, 3.8) is 0 Å². The second-order valence-corrected chi connectivity index (χ2v) is 7.43. The van der Waals surface area contributed by atoms with Crippen molar-refractivity contribution in [2.75, 3.05) is 14.2 Å². The Kier molecular flexibility index (Phi) is 6.27. The summed E-state index contributed by atoms with van der Waals surface area (Å²) in [4.78, 5) is 11.7. The number of benzene rings is 2. The van der Waals surface area contributed by atoms with Gasteiger partial charge in [0.05, 0.1) is 19.9 Å². The van der Waals surface area contributed by atoms with Crippen LogP contribution < -0.4 is 9.47 Å². The number of rotatable bonds is 8. The lowest BCUT2D eigenvalue weighted by Crippen LogP contribution is -2.14. The van der Waals surface area contributed by atoms with Gasteiger partial charge >= 0.3 is 5.97 Å². The number of carboxylic acid groups (broad SMARTS) is 1. The van der Waals surface area contributed by atoms with E-state index in [4.69, 9.17) is 9.47 Å². The Morgan fingerprint density at radius 2 is 1.45 bits per heavy atom. The van der Waals surface area contributed by atoms with Crippen molar-refractivity contribution in [3.8, 4) is 33.9 Å². The highest BCUT2D eigenvalue weighted by Crippen LogP contribution is 2.37. The van der Waals surface area contributed by atoms with Crippen LogP contribution in [0.5, 0.6) is 11.5 Å². The van der Waals surface area contributed by atoms with Crippen LogP contribution in [0.1, 0.15) is 19.5 Å². The number of hydrogen-bond donors (Lipinski definition) is 1. The molecule has 3 aromatic rings. The van der Waals surface area contributed by atoms with Gasteiger partial charge in [0.15, 0.2) is 0 Å². The molecule has 1 N–H and O–H groups in total. The molecule has 152 valence electrons. The van der Waals surface area contributed by atoms with Gasteiger partial charge in [0.25, 0.3) is 0 Å². The van der Waals surface area contributed by atoms with Crippen LogP contribution in [0.25, 0.3) is 22.4 Å². The zero-order valence-electron chi connectivity index (χ0n) is 17.3. The third-order valence-corrected chi connectivity index (χ3v) is 4.86. The van der Waals surface area contributed by atoms with E-state index in [0.717, 1.165) is 46.0 Å². The van der Waals surface area contributed by atoms with E-state index in [9.17, 15) is 9.90 Å². The van der Waals surface area contributed by atoms with Crippen molar-refractivity contribution in [3.05, 3.63) is 60.3 Å². The molecule has 2 aromatic carbocycles. The van der Waals surface area contributed by atoms with Crippen LogP contribution >= 0.6 is 0 Å².